The molecule has 0 saturated heterocycles. The molecule has 0 aliphatic carbocycles. The Morgan fingerprint density at radius 3 is 2.94 bits per heavy atom. The van der Waals surface area contributed by atoms with Crippen LogP contribution in [0.5, 0.6) is 5.88 Å². The molecule has 1 aromatic rings. The van der Waals surface area contributed by atoms with Gasteiger partial charge >= 0.3 is 6.09 Å². The largest absolute Gasteiger partial charge is 0.473 e. The number of hydrogen-bond donors (Lipinski definition) is 2. The second-order valence-corrected chi connectivity index (χ2v) is 4.94. The van der Waals surface area contributed by atoms with E-state index in [0.29, 0.717) is 0 Å². The van der Waals surface area contributed by atoms with E-state index in [-0.39, 0.29) is 23.9 Å². The molecule has 10 heteroatoms. The second-order valence-electron chi connectivity index (χ2n) is 3.41. The van der Waals surface area contributed by atoms with Gasteiger partial charge in [0.05, 0.1) is 12.7 Å². The molecule has 0 radical (unpaired) electrons. The van der Waals surface area contributed by atoms with Crippen LogP contribution in [0.3, 0.4) is 0 Å². The summed E-state index contributed by atoms with van der Waals surface area (Å²) in [6.45, 7) is 0.158. The van der Waals surface area contributed by atoms with Crippen molar-refractivity contribution in [3.05, 3.63) is 6.20 Å². The van der Waals surface area contributed by atoms with Crippen LogP contribution in [0.25, 0.3) is 0 Å². The Labute approximate surface area is 96.3 Å². The lowest BCUT2D eigenvalue weighted by Gasteiger charge is -2.23. The zero-order valence-corrected chi connectivity index (χ0v) is 9.38. The van der Waals surface area contributed by atoms with Crippen LogP contribution < -0.4 is 15.6 Å². The number of primary amides is 1. The van der Waals surface area contributed by atoms with Gasteiger partial charge in [0.25, 0.3) is 0 Å². The lowest BCUT2D eigenvalue weighted by Crippen LogP contribution is -2.36. The predicted octanol–water partition coefficient (Wildman–Crippen LogP) is -1.61. The topological polar surface area (TPSA) is 140 Å². The first-order valence-corrected chi connectivity index (χ1v) is 6.10. The second kappa shape index (κ2) is 3.89. The minimum atomic E-state index is -3.88. The van der Waals surface area contributed by atoms with E-state index in [9.17, 15) is 13.2 Å². The molecule has 17 heavy (non-hydrogen) atoms. The Balaban J connectivity index is 2.25. The Bertz CT molecular complexity index is 551. The monoisotopic (exact) mass is 262 g/mol. The predicted molar refractivity (Wildman–Crippen MR) is 53.6 cm³/mol. The number of nitrogens with zero attached hydrogens (tertiary/aromatic N) is 2. The van der Waals surface area contributed by atoms with Crippen molar-refractivity contribution in [1.82, 2.24) is 9.78 Å². The van der Waals surface area contributed by atoms with Gasteiger partial charge in [0.1, 0.15) is 6.61 Å². The molecule has 94 valence electrons. The van der Waals surface area contributed by atoms with Crippen molar-refractivity contribution >= 4 is 16.1 Å². The highest BCUT2D eigenvalue weighted by Gasteiger charge is 2.29. The van der Waals surface area contributed by atoms with Gasteiger partial charge in [-0.05, 0) is 0 Å². The molecule has 0 spiro atoms. The molecule has 1 amide bonds. The van der Waals surface area contributed by atoms with Crippen LogP contribution in [0.1, 0.15) is 0 Å². The molecule has 1 atom stereocenters. The number of rotatable bonds is 2. The van der Waals surface area contributed by atoms with E-state index < -0.39 is 22.2 Å². The maximum atomic E-state index is 11.2. The van der Waals surface area contributed by atoms with Gasteiger partial charge in [-0.25, -0.2) is 23.0 Å². The highest BCUT2D eigenvalue weighted by atomic mass is 32.2. The van der Waals surface area contributed by atoms with E-state index in [2.05, 4.69) is 5.10 Å². The number of hydrogen-bond acceptors (Lipinski definition) is 6. The number of ether oxygens (including phenoxy) is 2. The lowest BCUT2D eigenvalue weighted by molar-refractivity contribution is 0.0338. The van der Waals surface area contributed by atoms with Crippen LogP contribution >= 0.6 is 0 Å². The lowest BCUT2D eigenvalue weighted by atomic mass is 10.3. The Hall–Kier alpha value is -1.81. The summed E-state index contributed by atoms with van der Waals surface area (Å²) in [5, 5.41) is 8.76. The van der Waals surface area contributed by atoms with Crippen molar-refractivity contribution in [2.75, 3.05) is 6.61 Å². The third-order valence-electron chi connectivity index (χ3n) is 2.13. The fourth-order valence-corrected chi connectivity index (χ4v) is 2.08. The highest BCUT2D eigenvalue weighted by molar-refractivity contribution is 7.89. The van der Waals surface area contributed by atoms with Gasteiger partial charge in [-0.1, -0.05) is 0 Å². The number of fused-ring (bicyclic) bond motifs is 1. The summed E-state index contributed by atoms with van der Waals surface area (Å²) in [6, 6.07) is 0. The first kappa shape index (κ1) is 11.7. The average Bonchev–Trinajstić information content (AvgIpc) is 2.58. The summed E-state index contributed by atoms with van der Waals surface area (Å²) in [5.74, 6) is 0.0387. The van der Waals surface area contributed by atoms with E-state index in [1.165, 1.54) is 4.68 Å². The van der Waals surface area contributed by atoms with E-state index in [1.807, 2.05) is 0 Å². The standard InChI is InChI=1S/C7H10N4O5S/c8-7(12)16-4-2-11-6(15-3-4)5(1-10-11)17(9,13)14/h1,4H,2-3H2,(H2,8,12)(H2,9,13,14). The summed E-state index contributed by atoms with van der Waals surface area (Å²) in [7, 11) is -3.88. The Kier molecular flexibility index (Phi) is 2.67. The molecule has 4 N–H and O–H groups in total. The molecule has 9 nitrogen and oxygen atoms in total. The van der Waals surface area contributed by atoms with Gasteiger partial charge in [-0.15, -0.1) is 0 Å². The number of amides is 1. The smallest absolute Gasteiger partial charge is 0.404 e. The van der Waals surface area contributed by atoms with E-state index in [0.717, 1.165) is 6.20 Å². The fourth-order valence-electron chi connectivity index (χ4n) is 1.48. The van der Waals surface area contributed by atoms with Crippen LogP contribution in [0.15, 0.2) is 11.1 Å². The Morgan fingerprint density at radius 2 is 2.35 bits per heavy atom. The molecule has 1 unspecified atom stereocenters. The molecular formula is C7H10N4O5S. The number of aromatic nitrogens is 2. The van der Waals surface area contributed by atoms with E-state index in [1.54, 1.807) is 0 Å². The SMILES string of the molecule is NC(=O)OC1COc2c(S(N)(=O)=O)cnn2C1. The number of carbonyl (C=O) groups excluding carboxylic acids is 1. The van der Waals surface area contributed by atoms with Crippen LogP contribution in [-0.2, 0) is 21.3 Å². The summed E-state index contributed by atoms with van der Waals surface area (Å²) < 4.78 is 33.4. The average molecular weight is 262 g/mol. The Morgan fingerprint density at radius 1 is 1.65 bits per heavy atom. The molecule has 0 bridgehead atoms. The first-order valence-electron chi connectivity index (χ1n) is 4.55. The zero-order chi connectivity index (χ0) is 12.6. The summed E-state index contributed by atoms with van der Waals surface area (Å²) in [5.41, 5.74) is 4.86. The molecule has 0 aromatic carbocycles. The number of nitrogens with two attached hydrogens (primary N) is 2. The van der Waals surface area contributed by atoms with Gasteiger partial charge in [-0.3, -0.25) is 0 Å². The zero-order valence-electron chi connectivity index (χ0n) is 8.57. The van der Waals surface area contributed by atoms with Gasteiger partial charge < -0.3 is 15.2 Å². The van der Waals surface area contributed by atoms with Crippen molar-refractivity contribution < 1.29 is 22.7 Å². The molecular weight excluding hydrogens is 252 g/mol. The molecule has 2 rings (SSSR count). The third-order valence-corrected chi connectivity index (χ3v) is 3.02. The van der Waals surface area contributed by atoms with Crippen LogP contribution in [-0.4, -0.2) is 37.0 Å². The van der Waals surface area contributed by atoms with Crippen molar-refractivity contribution in [2.45, 2.75) is 17.5 Å². The number of sulfonamides is 1. The maximum absolute atomic E-state index is 11.2. The summed E-state index contributed by atoms with van der Waals surface area (Å²) >= 11 is 0. The fraction of sp³-hybridized carbons (Fsp3) is 0.429. The highest BCUT2D eigenvalue weighted by Crippen LogP contribution is 2.26. The van der Waals surface area contributed by atoms with Gasteiger partial charge in [0.15, 0.2) is 11.0 Å². The van der Waals surface area contributed by atoms with Gasteiger partial charge in [0.2, 0.25) is 15.9 Å². The number of carbonyl (C=O) groups is 1. The molecule has 0 saturated carbocycles. The van der Waals surface area contributed by atoms with Crippen molar-refractivity contribution in [2.24, 2.45) is 10.9 Å². The van der Waals surface area contributed by atoms with Crippen molar-refractivity contribution in [3.63, 3.8) is 0 Å². The summed E-state index contributed by atoms with van der Waals surface area (Å²) in [4.78, 5) is 10.3. The molecule has 0 fully saturated rings. The van der Waals surface area contributed by atoms with Crippen LogP contribution in [0.2, 0.25) is 0 Å². The van der Waals surface area contributed by atoms with Crippen LogP contribution in [0.4, 0.5) is 4.79 Å². The minimum absolute atomic E-state index is 0.00282. The first-order chi connectivity index (χ1) is 7.88. The van der Waals surface area contributed by atoms with Gasteiger partial charge in [0, 0.05) is 0 Å². The normalized spacial score (nSPS) is 19.2. The molecule has 2 heterocycles. The molecule has 1 aliphatic rings. The van der Waals surface area contributed by atoms with Gasteiger partial charge in [-0.2, -0.15) is 5.10 Å². The maximum Gasteiger partial charge on any atom is 0.404 e. The van der Waals surface area contributed by atoms with E-state index >= 15 is 0 Å². The summed E-state index contributed by atoms with van der Waals surface area (Å²) in [6.07, 6.45) is -0.453. The van der Waals surface area contributed by atoms with E-state index in [4.69, 9.17) is 20.3 Å². The third kappa shape index (κ3) is 2.31. The van der Waals surface area contributed by atoms with Crippen molar-refractivity contribution in [3.8, 4) is 5.88 Å². The number of primary sulfonamides is 1. The molecule has 1 aromatic heterocycles. The van der Waals surface area contributed by atoms with Crippen molar-refractivity contribution in [1.29, 1.82) is 0 Å². The molecule has 1 aliphatic heterocycles. The minimum Gasteiger partial charge on any atom is -0.473 e. The quantitative estimate of drug-likeness (QED) is 0.657. The van der Waals surface area contributed by atoms with Crippen LogP contribution in [0, 0.1) is 0 Å².